The summed E-state index contributed by atoms with van der Waals surface area (Å²) in [5.41, 5.74) is 4.88. The number of nitrogens with zero attached hydrogens (tertiary/aromatic N) is 1. The summed E-state index contributed by atoms with van der Waals surface area (Å²) >= 11 is 0. The maximum atomic E-state index is 8.28. The van der Waals surface area contributed by atoms with E-state index in [1.807, 2.05) is 0 Å². The van der Waals surface area contributed by atoms with E-state index in [9.17, 15) is 0 Å². The summed E-state index contributed by atoms with van der Waals surface area (Å²) in [5, 5.41) is 8.28. The average molecular weight is 232 g/mol. The average Bonchev–Trinajstić information content (AvgIpc) is 2.19. The molecule has 0 spiro atoms. The van der Waals surface area contributed by atoms with E-state index in [1.54, 1.807) is 13.8 Å². The van der Waals surface area contributed by atoms with Gasteiger partial charge in [-0.1, -0.05) is 20.8 Å². The first kappa shape index (κ1) is 18.3. The zero-order chi connectivity index (χ0) is 13.0. The van der Waals surface area contributed by atoms with Gasteiger partial charge < -0.3 is 15.7 Å². The van der Waals surface area contributed by atoms with Gasteiger partial charge in [-0.15, -0.1) is 0 Å². The van der Waals surface area contributed by atoms with Crippen molar-refractivity contribution in [2.45, 2.75) is 59.4 Å². The van der Waals surface area contributed by atoms with Gasteiger partial charge in [-0.25, -0.2) is 0 Å². The Morgan fingerprint density at radius 3 is 1.31 bits per heavy atom. The molecule has 0 amide bonds. The number of hydrogen-bond acceptors (Lipinski definition) is 3. The lowest BCUT2D eigenvalue weighted by Crippen LogP contribution is -2.35. The number of aliphatic hydroxyl groups excluding tert-OH is 1. The molecule has 0 radical (unpaired) electrons. The molecule has 0 fully saturated rings. The van der Waals surface area contributed by atoms with E-state index in [0.717, 1.165) is 0 Å². The molecule has 3 heteroatoms. The highest BCUT2D eigenvalue weighted by molar-refractivity contribution is 4.67. The van der Waals surface area contributed by atoms with Crippen LogP contribution in [0.1, 0.15) is 53.9 Å². The van der Waals surface area contributed by atoms with Crippen molar-refractivity contribution in [3.05, 3.63) is 0 Å². The third-order valence-electron chi connectivity index (χ3n) is 2.03. The Labute approximate surface area is 102 Å². The standard InChI is InChI=1S/C9H21N.C4H11NO/c1-4-7-10(8-5-2)9-6-3;1-4(2,5)3-6/h4-9H2,1-3H3;6H,3,5H2,1-2H3. The summed E-state index contributed by atoms with van der Waals surface area (Å²) < 4.78 is 0. The van der Waals surface area contributed by atoms with E-state index in [-0.39, 0.29) is 6.61 Å². The first-order chi connectivity index (χ1) is 7.41. The van der Waals surface area contributed by atoms with Gasteiger partial charge in [0, 0.05) is 5.54 Å². The van der Waals surface area contributed by atoms with Crippen LogP contribution in [-0.4, -0.2) is 41.8 Å². The summed E-state index contributed by atoms with van der Waals surface area (Å²) in [6.07, 6.45) is 3.88. The van der Waals surface area contributed by atoms with Crippen LogP contribution >= 0.6 is 0 Å². The molecular weight excluding hydrogens is 200 g/mol. The molecule has 0 atom stereocenters. The topological polar surface area (TPSA) is 49.5 Å². The molecular formula is C13H32N2O. The first-order valence-corrected chi connectivity index (χ1v) is 6.53. The molecule has 0 aromatic heterocycles. The molecule has 0 aliphatic heterocycles. The minimum atomic E-state index is -0.403. The predicted molar refractivity (Wildman–Crippen MR) is 72.7 cm³/mol. The Hall–Kier alpha value is -0.120. The van der Waals surface area contributed by atoms with E-state index in [1.165, 1.54) is 38.9 Å². The summed E-state index contributed by atoms with van der Waals surface area (Å²) in [6, 6.07) is 0. The Morgan fingerprint density at radius 1 is 0.938 bits per heavy atom. The molecule has 0 saturated heterocycles. The van der Waals surface area contributed by atoms with Crippen LogP contribution < -0.4 is 5.73 Å². The van der Waals surface area contributed by atoms with Gasteiger partial charge in [0.05, 0.1) is 6.61 Å². The predicted octanol–water partition coefficient (Wildman–Crippen LogP) is 2.23. The molecule has 0 saturated carbocycles. The lowest BCUT2D eigenvalue weighted by Gasteiger charge is -2.19. The number of hydrogen-bond donors (Lipinski definition) is 2. The van der Waals surface area contributed by atoms with Crippen molar-refractivity contribution in [1.29, 1.82) is 0 Å². The Morgan fingerprint density at radius 2 is 1.19 bits per heavy atom. The molecule has 0 aromatic rings. The van der Waals surface area contributed by atoms with Crippen molar-refractivity contribution in [2.75, 3.05) is 26.2 Å². The number of aliphatic hydroxyl groups is 1. The van der Waals surface area contributed by atoms with Crippen molar-refractivity contribution in [2.24, 2.45) is 5.73 Å². The zero-order valence-electron chi connectivity index (χ0n) is 11.9. The van der Waals surface area contributed by atoms with E-state index >= 15 is 0 Å². The van der Waals surface area contributed by atoms with Crippen molar-refractivity contribution in [3.8, 4) is 0 Å². The Kier molecular flexibility index (Phi) is 13.0. The Balaban J connectivity index is 0. The zero-order valence-corrected chi connectivity index (χ0v) is 11.9. The monoisotopic (exact) mass is 232 g/mol. The summed E-state index contributed by atoms with van der Waals surface area (Å²) in [4.78, 5) is 2.54. The highest BCUT2D eigenvalue weighted by Crippen LogP contribution is 1.94. The maximum absolute atomic E-state index is 8.28. The quantitative estimate of drug-likeness (QED) is 0.708. The molecule has 0 rings (SSSR count). The molecule has 0 aliphatic rings. The summed E-state index contributed by atoms with van der Waals surface area (Å²) in [5.74, 6) is 0. The SMILES string of the molecule is CC(C)(N)CO.CCCN(CCC)CCC. The highest BCUT2D eigenvalue weighted by atomic mass is 16.3. The Bertz CT molecular complexity index is 118. The molecule has 0 bridgehead atoms. The second-order valence-corrected chi connectivity index (χ2v) is 4.99. The van der Waals surface area contributed by atoms with Crippen LogP contribution in [-0.2, 0) is 0 Å². The molecule has 16 heavy (non-hydrogen) atoms. The van der Waals surface area contributed by atoms with E-state index < -0.39 is 5.54 Å². The van der Waals surface area contributed by atoms with E-state index in [2.05, 4.69) is 25.7 Å². The van der Waals surface area contributed by atoms with Crippen LogP contribution in [0.25, 0.3) is 0 Å². The van der Waals surface area contributed by atoms with Gasteiger partial charge in [0.15, 0.2) is 0 Å². The van der Waals surface area contributed by atoms with E-state index in [0.29, 0.717) is 0 Å². The molecule has 3 N–H and O–H groups in total. The second-order valence-electron chi connectivity index (χ2n) is 4.99. The lowest BCUT2D eigenvalue weighted by molar-refractivity contribution is 0.221. The molecule has 3 nitrogen and oxygen atoms in total. The minimum Gasteiger partial charge on any atom is -0.394 e. The smallest absolute Gasteiger partial charge is 0.0605 e. The number of rotatable bonds is 7. The van der Waals surface area contributed by atoms with Gasteiger partial charge >= 0.3 is 0 Å². The normalized spacial score (nSPS) is 11.2. The van der Waals surface area contributed by atoms with Gasteiger partial charge in [0.2, 0.25) is 0 Å². The van der Waals surface area contributed by atoms with Crippen LogP contribution in [0.15, 0.2) is 0 Å². The highest BCUT2D eigenvalue weighted by Gasteiger charge is 2.05. The van der Waals surface area contributed by atoms with Gasteiger partial charge in [0.25, 0.3) is 0 Å². The van der Waals surface area contributed by atoms with Gasteiger partial charge in [-0.3, -0.25) is 0 Å². The third-order valence-corrected chi connectivity index (χ3v) is 2.03. The molecule has 0 aliphatic carbocycles. The third kappa shape index (κ3) is 16.3. The summed E-state index contributed by atoms with van der Waals surface area (Å²) in [6.45, 7) is 14.2. The fraction of sp³-hybridized carbons (Fsp3) is 1.00. The first-order valence-electron chi connectivity index (χ1n) is 6.53. The lowest BCUT2D eigenvalue weighted by atomic mass is 10.1. The van der Waals surface area contributed by atoms with Crippen LogP contribution in [0.3, 0.4) is 0 Å². The second kappa shape index (κ2) is 11.4. The van der Waals surface area contributed by atoms with Crippen LogP contribution in [0.5, 0.6) is 0 Å². The van der Waals surface area contributed by atoms with E-state index in [4.69, 9.17) is 10.8 Å². The largest absolute Gasteiger partial charge is 0.394 e. The molecule has 0 heterocycles. The maximum Gasteiger partial charge on any atom is 0.0605 e. The van der Waals surface area contributed by atoms with Crippen LogP contribution in [0.2, 0.25) is 0 Å². The van der Waals surface area contributed by atoms with Gasteiger partial charge in [-0.2, -0.15) is 0 Å². The molecule has 0 aromatic carbocycles. The summed E-state index contributed by atoms with van der Waals surface area (Å²) in [7, 11) is 0. The molecule has 100 valence electrons. The van der Waals surface area contributed by atoms with Crippen molar-refractivity contribution in [3.63, 3.8) is 0 Å². The fourth-order valence-electron chi connectivity index (χ4n) is 1.28. The number of nitrogens with two attached hydrogens (primary N) is 1. The van der Waals surface area contributed by atoms with Crippen LogP contribution in [0.4, 0.5) is 0 Å². The van der Waals surface area contributed by atoms with Crippen molar-refractivity contribution in [1.82, 2.24) is 4.90 Å². The van der Waals surface area contributed by atoms with Crippen LogP contribution in [0, 0.1) is 0 Å². The van der Waals surface area contributed by atoms with Gasteiger partial charge in [-0.05, 0) is 52.7 Å². The van der Waals surface area contributed by atoms with Crippen molar-refractivity contribution < 1.29 is 5.11 Å². The van der Waals surface area contributed by atoms with Gasteiger partial charge in [0.1, 0.15) is 0 Å². The minimum absolute atomic E-state index is 0.0486. The molecule has 0 unspecified atom stereocenters. The van der Waals surface area contributed by atoms with Crippen molar-refractivity contribution >= 4 is 0 Å². The fourth-order valence-corrected chi connectivity index (χ4v) is 1.28.